The molecule has 0 aromatic carbocycles. The van der Waals surface area contributed by atoms with E-state index in [9.17, 15) is 19.8 Å². The second kappa shape index (κ2) is 50.5. The van der Waals surface area contributed by atoms with E-state index in [4.69, 9.17) is 4.74 Å². The quantitative estimate of drug-likeness (QED) is 0.0322. The first-order valence-corrected chi connectivity index (χ1v) is 26.4. The van der Waals surface area contributed by atoms with E-state index in [0.717, 1.165) is 83.5 Å². The molecule has 0 heterocycles. The van der Waals surface area contributed by atoms with E-state index in [-0.39, 0.29) is 18.5 Å². The van der Waals surface area contributed by atoms with Crippen LogP contribution >= 0.6 is 0 Å². The van der Waals surface area contributed by atoms with E-state index in [1.807, 2.05) is 6.08 Å². The highest BCUT2D eigenvalue weighted by atomic mass is 16.5. The van der Waals surface area contributed by atoms with Crippen molar-refractivity contribution in [2.45, 2.75) is 276 Å². The second-order valence-electron chi connectivity index (χ2n) is 17.8. The van der Waals surface area contributed by atoms with Crippen LogP contribution in [0.1, 0.15) is 264 Å². The number of aliphatic hydroxyl groups excluding tert-OH is 2. The van der Waals surface area contributed by atoms with Gasteiger partial charge in [-0.25, -0.2) is 0 Å². The Balaban J connectivity index is 3.54. The number of allylic oxidation sites excluding steroid dienone is 7. The number of nitrogens with one attached hydrogen (secondary N) is 1. The predicted octanol–water partition coefficient (Wildman–Crippen LogP) is 15.8. The number of hydrogen-bond donors (Lipinski definition) is 3. The van der Waals surface area contributed by atoms with Crippen molar-refractivity contribution < 1.29 is 24.5 Å². The van der Waals surface area contributed by atoms with Gasteiger partial charge in [0.15, 0.2) is 0 Å². The van der Waals surface area contributed by atoms with Crippen molar-refractivity contribution in [1.29, 1.82) is 0 Å². The monoisotopic (exact) mass is 856 g/mol. The van der Waals surface area contributed by atoms with Crippen molar-refractivity contribution in [3.8, 4) is 0 Å². The number of carbonyl (C=O) groups is 2. The third-order valence-corrected chi connectivity index (χ3v) is 11.8. The molecule has 6 heteroatoms. The van der Waals surface area contributed by atoms with Gasteiger partial charge in [-0.15, -0.1) is 0 Å². The Hall–Kier alpha value is -2.18. The lowest BCUT2D eigenvalue weighted by molar-refractivity contribution is -0.143. The fourth-order valence-corrected chi connectivity index (χ4v) is 7.71. The summed E-state index contributed by atoms with van der Waals surface area (Å²) in [7, 11) is 0. The van der Waals surface area contributed by atoms with Crippen LogP contribution in [-0.4, -0.2) is 47.4 Å². The summed E-state index contributed by atoms with van der Waals surface area (Å²) in [6, 6.07) is -0.640. The van der Waals surface area contributed by atoms with E-state index >= 15 is 0 Å². The Labute approximate surface area is 378 Å². The minimum absolute atomic E-state index is 0.0259. The lowest BCUT2D eigenvalue weighted by Crippen LogP contribution is -2.45. The fraction of sp³-hybridized carbons (Fsp3) is 0.818. The van der Waals surface area contributed by atoms with Crippen molar-refractivity contribution >= 4 is 11.9 Å². The van der Waals surface area contributed by atoms with Gasteiger partial charge in [0.05, 0.1) is 25.4 Å². The van der Waals surface area contributed by atoms with Crippen molar-refractivity contribution in [2.75, 3.05) is 13.2 Å². The highest BCUT2D eigenvalue weighted by Gasteiger charge is 2.18. The normalized spacial score (nSPS) is 13.0. The molecule has 2 unspecified atom stereocenters. The highest BCUT2D eigenvalue weighted by molar-refractivity contribution is 5.76. The number of aliphatic hydroxyl groups is 2. The van der Waals surface area contributed by atoms with Gasteiger partial charge in [-0.2, -0.15) is 0 Å². The number of carbonyl (C=O) groups excluding carboxylic acids is 2. The lowest BCUT2D eigenvalue weighted by Gasteiger charge is -2.20. The predicted molar refractivity (Wildman–Crippen MR) is 264 cm³/mol. The Morgan fingerprint density at radius 3 is 1.26 bits per heavy atom. The second-order valence-corrected chi connectivity index (χ2v) is 17.8. The fourth-order valence-electron chi connectivity index (χ4n) is 7.71. The molecule has 0 aliphatic carbocycles. The molecule has 0 aromatic rings. The Morgan fingerprint density at radius 2 is 0.820 bits per heavy atom. The first kappa shape index (κ1) is 58.8. The average molecular weight is 856 g/mol. The largest absolute Gasteiger partial charge is 0.466 e. The molecule has 1 amide bonds. The third kappa shape index (κ3) is 47.1. The van der Waals surface area contributed by atoms with Crippen LogP contribution in [0, 0.1) is 0 Å². The zero-order valence-corrected chi connectivity index (χ0v) is 40.4. The topological polar surface area (TPSA) is 95.9 Å². The molecule has 6 nitrogen and oxygen atoms in total. The van der Waals surface area contributed by atoms with Gasteiger partial charge in [0.25, 0.3) is 0 Å². The van der Waals surface area contributed by atoms with Gasteiger partial charge < -0.3 is 20.3 Å². The van der Waals surface area contributed by atoms with Crippen LogP contribution in [0.4, 0.5) is 0 Å². The van der Waals surface area contributed by atoms with Gasteiger partial charge in [0.1, 0.15) is 0 Å². The van der Waals surface area contributed by atoms with Crippen LogP contribution < -0.4 is 5.32 Å². The molecule has 0 aliphatic rings. The molecule has 0 bridgehead atoms. The molecule has 2 atom stereocenters. The number of hydrogen-bond acceptors (Lipinski definition) is 5. The number of ether oxygens (including phenoxy) is 1. The molecule has 61 heavy (non-hydrogen) atoms. The zero-order valence-electron chi connectivity index (χ0n) is 40.4. The summed E-state index contributed by atoms with van der Waals surface area (Å²) in [4.78, 5) is 24.4. The zero-order chi connectivity index (χ0) is 44.4. The van der Waals surface area contributed by atoms with Crippen molar-refractivity contribution in [2.24, 2.45) is 0 Å². The average Bonchev–Trinajstić information content (AvgIpc) is 3.26. The summed E-state index contributed by atoms with van der Waals surface area (Å²) in [5, 5.41) is 23.0. The maximum absolute atomic E-state index is 12.4. The molecule has 0 radical (unpaired) electrons. The molecule has 0 aliphatic heterocycles. The molecule has 3 N–H and O–H groups in total. The minimum atomic E-state index is -0.855. The molecule has 0 saturated heterocycles. The van der Waals surface area contributed by atoms with Gasteiger partial charge in [-0.1, -0.05) is 204 Å². The number of unbranched alkanes of at least 4 members (excludes halogenated alkanes) is 31. The van der Waals surface area contributed by atoms with Crippen molar-refractivity contribution in [3.05, 3.63) is 48.6 Å². The molecular formula is C55H101NO5. The van der Waals surface area contributed by atoms with E-state index < -0.39 is 12.1 Å². The first-order chi connectivity index (χ1) is 30.0. The smallest absolute Gasteiger partial charge is 0.305 e. The minimum Gasteiger partial charge on any atom is -0.466 e. The molecule has 0 spiro atoms. The van der Waals surface area contributed by atoms with Crippen molar-refractivity contribution in [1.82, 2.24) is 5.32 Å². The molecule has 0 fully saturated rings. The SMILES string of the molecule is CCCCCCC/C=C\CCCCCCCC(=O)OCCCCC/C=C\C/C=C\CCCCCCCCCC(=O)NC(CO)C(O)/C=C/CCCCCCCCCCCCC. The Bertz CT molecular complexity index is 1040. The highest BCUT2D eigenvalue weighted by Crippen LogP contribution is 2.14. The molecular weight excluding hydrogens is 755 g/mol. The Kier molecular flexibility index (Phi) is 48.7. The van der Waals surface area contributed by atoms with Gasteiger partial charge in [-0.05, 0) is 96.3 Å². The maximum Gasteiger partial charge on any atom is 0.305 e. The van der Waals surface area contributed by atoms with E-state index in [2.05, 4.69) is 55.6 Å². The summed E-state index contributed by atoms with van der Waals surface area (Å²) in [5.74, 6) is -0.112. The summed E-state index contributed by atoms with van der Waals surface area (Å²) in [6.07, 6.45) is 62.6. The van der Waals surface area contributed by atoms with Gasteiger partial charge >= 0.3 is 5.97 Å². The van der Waals surface area contributed by atoms with Crippen LogP contribution in [0.5, 0.6) is 0 Å². The lowest BCUT2D eigenvalue weighted by atomic mass is 10.0. The van der Waals surface area contributed by atoms with Crippen molar-refractivity contribution in [3.63, 3.8) is 0 Å². The standard InChI is InChI=1S/C55H101NO5/c1-3-5-7-9-11-13-15-17-25-29-33-37-41-45-49-55(60)61-50-46-42-38-34-30-26-22-20-18-19-21-24-28-32-36-40-44-48-54(59)56-52(51-57)53(58)47-43-39-35-31-27-23-16-14-12-10-8-6-4-2/h15,17-18,20,26,30,43,47,52-53,57-58H,3-14,16,19,21-25,27-29,31-42,44-46,48-51H2,1-2H3,(H,56,59)/b17-15-,20-18-,30-26-,47-43+. The number of amides is 1. The molecule has 0 aromatic heterocycles. The summed E-state index contributed by atoms with van der Waals surface area (Å²) in [5.41, 5.74) is 0. The van der Waals surface area contributed by atoms with Crippen LogP contribution in [0.3, 0.4) is 0 Å². The first-order valence-electron chi connectivity index (χ1n) is 26.4. The van der Waals surface area contributed by atoms with E-state index in [1.54, 1.807) is 6.08 Å². The Morgan fingerprint density at radius 1 is 0.459 bits per heavy atom. The summed E-state index contributed by atoms with van der Waals surface area (Å²) in [6.45, 7) is 4.83. The van der Waals surface area contributed by atoms with Gasteiger partial charge in [0.2, 0.25) is 5.91 Å². The van der Waals surface area contributed by atoms with Crippen LogP contribution in [0.25, 0.3) is 0 Å². The number of rotatable bonds is 48. The van der Waals surface area contributed by atoms with Crippen LogP contribution in [0.15, 0.2) is 48.6 Å². The van der Waals surface area contributed by atoms with Gasteiger partial charge in [0, 0.05) is 12.8 Å². The van der Waals surface area contributed by atoms with Crippen LogP contribution in [0.2, 0.25) is 0 Å². The third-order valence-electron chi connectivity index (χ3n) is 11.8. The maximum atomic E-state index is 12.4. The molecule has 0 rings (SSSR count). The summed E-state index contributed by atoms with van der Waals surface area (Å²) >= 11 is 0. The number of esters is 1. The summed E-state index contributed by atoms with van der Waals surface area (Å²) < 4.78 is 5.44. The van der Waals surface area contributed by atoms with Gasteiger partial charge in [-0.3, -0.25) is 9.59 Å². The van der Waals surface area contributed by atoms with E-state index in [1.165, 1.54) is 154 Å². The van der Waals surface area contributed by atoms with E-state index in [0.29, 0.717) is 19.4 Å². The molecule has 0 saturated carbocycles. The van der Waals surface area contributed by atoms with Crippen LogP contribution in [-0.2, 0) is 14.3 Å². The molecule has 356 valence electrons.